The van der Waals surface area contributed by atoms with Crippen LogP contribution in [0.3, 0.4) is 0 Å². The van der Waals surface area contributed by atoms with Crippen molar-refractivity contribution < 1.29 is 9.13 Å². The molecule has 0 saturated heterocycles. The lowest BCUT2D eigenvalue weighted by Crippen LogP contribution is -2.30. The van der Waals surface area contributed by atoms with Gasteiger partial charge in [-0.3, -0.25) is 0 Å². The summed E-state index contributed by atoms with van der Waals surface area (Å²) >= 11 is 0. The Morgan fingerprint density at radius 2 is 2.22 bits per heavy atom. The van der Waals surface area contributed by atoms with Crippen molar-refractivity contribution in [2.24, 2.45) is 11.1 Å². The molecule has 0 aliphatic heterocycles. The molecule has 1 aliphatic rings. The van der Waals surface area contributed by atoms with E-state index in [4.69, 9.17) is 10.5 Å². The van der Waals surface area contributed by atoms with Crippen LogP contribution < -0.4 is 15.8 Å². The summed E-state index contributed by atoms with van der Waals surface area (Å²) in [7, 11) is 1.47. The zero-order valence-electron chi connectivity index (χ0n) is 10.8. The van der Waals surface area contributed by atoms with Crippen LogP contribution in [0, 0.1) is 11.2 Å². The fraction of sp³-hybridized carbons (Fsp3) is 0.571. The molecule has 0 heterocycles. The fourth-order valence-electron chi connectivity index (χ4n) is 2.08. The van der Waals surface area contributed by atoms with Gasteiger partial charge in [0, 0.05) is 6.54 Å². The molecule has 1 fully saturated rings. The number of halogens is 1. The maximum absolute atomic E-state index is 13.5. The van der Waals surface area contributed by atoms with Gasteiger partial charge >= 0.3 is 0 Å². The second-order valence-electron chi connectivity index (χ2n) is 5.10. The molecule has 0 spiro atoms. The maximum Gasteiger partial charge on any atom is 0.165 e. The minimum atomic E-state index is -0.296. The lowest BCUT2D eigenvalue weighted by Gasteiger charge is -2.13. The third-order valence-corrected chi connectivity index (χ3v) is 3.70. The molecule has 1 aromatic rings. The minimum absolute atomic E-state index is 0.296. The molecular weight excluding hydrogens is 231 g/mol. The second kappa shape index (κ2) is 5.67. The minimum Gasteiger partial charge on any atom is -0.494 e. The van der Waals surface area contributed by atoms with Crippen molar-refractivity contribution in [2.45, 2.75) is 19.3 Å². The Bertz CT molecular complexity index is 405. The van der Waals surface area contributed by atoms with Crippen LogP contribution in [0.5, 0.6) is 5.75 Å². The first-order chi connectivity index (χ1) is 8.69. The van der Waals surface area contributed by atoms with E-state index in [1.54, 1.807) is 6.07 Å². The molecule has 0 radical (unpaired) electrons. The third kappa shape index (κ3) is 3.21. The van der Waals surface area contributed by atoms with Gasteiger partial charge in [-0.05, 0) is 55.5 Å². The van der Waals surface area contributed by atoms with Gasteiger partial charge in [-0.2, -0.15) is 0 Å². The zero-order valence-corrected chi connectivity index (χ0v) is 10.8. The van der Waals surface area contributed by atoms with Crippen molar-refractivity contribution in [3.63, 3.8) is 0 Å². The monoisotopic (exact) mass is 252 g/mol. The van der Waals surface area contributed by atoms with Gasteiger partial charge in [0.05, 0.1) is 7.11 Å². The summed E-state index contributed by atoms with van der Waals surface area (Å²) in [5.41, 5.74) is 7.05. The van der Waals surface area contributed by atoms with Crippen LogP contribution in [0.1, 0.15) is 18.4 Å². The Balaban J connectivity index is 1.75. The van der Waals surface area contributed by atoms with Crippen LogP contribution in [0.4, 0.5) is 4.39 Å². The highest BCUT2D eigenvalue weighted by atomic mass is 19.1. The Kier molecular flexibility index (Phi) is 4.19. The average Bonchev–Trinajstić information content (AvgIpc) is 3.16. The molecule has 4 heteroatoms. The summed E-state index contributed by atoms with van der Waals surface area (Å²) in [5.74, 6) is 0.00222. The summed E-state index contributed by atoms with van der Waals surface area (Å²) < 4.78 is 18.3. The normalized spacial score (nSPS) is 16.6. The molecule has 0 amide bonds. The molecular formula is C14H21FN2O. The van der Waals surface area contributed by atoms with E-state index in [1.165, 1.54) is 26.0 Å². The first-order valence-corrected chi connectivity index (χ1v) is 6.42. The van der Waals surface area contributed by atoms with E-state index >= 15 is 0 Å². The smallest absolute Gasteiger partial charge is 0.165 e. The van der Waals surface area contributed by atoms with Crippen molar-refractivity contribution in [2.75, 3.05) is 26.7 Å². The Morgan fingerprint density at radius 3 is 2.78 bits per heavy atom. The van der Waals surface area contributed by atoms with Crippen molar-refractivity contribution in [3.8, 4) is 5.75 Å². The van der Waals surface area contributed by atoms with Gasteiger partial charge in [0.2, 0.25) is 0 Å². The average molecular weight is 252 g/mol. The van der Waals surface area contributed by atoms with Crippen LogP contribution in [-0.4, -0.2) is 26.7 Å². The largest absolute Gasteiger partial charge is 0.494 e. The Labute approximate surface area is 108 Å². The first kappa shape index (κ1) is 13.3. The molecule has 2 rings (SSSR count). The number of benzene rings is 1. The van der Waals surface area contributed by atoms with E-state index in [0.29, 0.717) is 11.2 Å². The molecule has 1 aliphatic carbocycles. The van der Waals surface area contributed by atoms with Crippen LogP contribution in [0.2, 0.25) is 0 Å². The van der Waals surface area contributed by atoms with E-state index in [9.17, 15) is 4.39 Å². The zero-order chi connectivity index (χ0) is 13.0. The SMILES string of the molecule is COc1ccc(CCNCC2(CN)CC2)cc1F. The molecule has 18 heavy (non-hydrogen) atoms. The van der Waals surface area contributed by atoms with Crippen LogP contribution in [0.25, 0.3) is 0 Å². The van der Waals surface area contributed by atoms with Crippen molar-refractivity contribution in [1.29, 1.82) is 0 Å². The third-order valence-electron chi connectivity index (χ3n) is 3.70. The predicted octanol–water partition coefficient (Wildman–Crippen LogP) is 1.71. The Morgan fingerprint density at radius 1 is 1.44 bits per heavy atom. The van der Waals surface area contributed by atoms with Gasteiger partial charge in [0.15, 0.2) is 11.6 Å². The molecule has 0 bridgehead atoms. The molecule has 1 saturated carbocycles. The quantitative estimate of drug-likeness (QED) is 0.726. The molecule has 0 atom stereocenters. The highest BCUT2D eigenvalue weighted by Gasteiger charge is 2.40. The van der Waals surface area contributed by atoms with E-state index in [2.05, 4.69) is 5.32 Å². The highest BCUT2D eigenvalue weighted by Crippen LogP contribution is 2.43. The molecule has 1 aromatic carbocycles. The summed E-state index contributed by atoms with van der Waals surface area (Å²) in [6.07, 6.45) is 3.28. The second-order valence-corrected chi connectivity index (χ2v) is 5.10. The number of rotatable bonds is 7. The lowest BCUT2D eigenvalue weighted by atomic mass is 10.1. The van der Waals surface area contributed by atoms with Crippen molar-refractivity contribution >= 4 is 0 Å². The van der Waals surface area contributed by atoms with Gasteiger partial charge in [-0.1, -0.05) is 6.07 Å². The van der Waals surface area contributed by atoms with Crippen molar-refractivity contribution in [1.82, 2.24) is 5.32 Å². The van der Waals surface area contributed by atoms with E-state index < -0.39 is 0 Å². The van der Waals surface area contributed by atoms with E-state index in [1.807, 2.05) is 6.07 Å². The maximum atomic E-state index is 13.5. The number of ether oxygens (including phenoxy) is 1. The van der Waals surface area contributed by atoms with Crippen LogP contribution in [0.15, 0.2) is 18.2 Å². The molecule has 100 valence electrons. The van der Waals surface area contributed by atoms with Crippen molar-refractivity contribution in [3.05, 3.63) is 29.6 Å². The van der Waals surface area contributed by atoms with E-state index in [0.717, 1.165) is 31.6 Å². The predicted molar refractivity (Wildman–Crippen MR) is 70.2 cm³/mol. The summed E-state index contributed by atoms with van der Waals surface area (Å²) in [6, 6.07) is 5.11. The number of hydrogen-bond acceptors (Lipinski definition) is 3. The number of methoxy groups -OCH3 is 1. The van der Waals surface area contributed by atoms with E-state index in [-0.39, 0.29) is 5.82 Å². The number of nitrogens with two attached hydrogens (primary N) is 1. The summed E-state index contributed by atoms with van der Waals surface area (Å²) in [4.78, 5) is 0. The van der Waals surface area contributed by atoms with Crippen LogP contribution >= 0.6 is 0 Å². The molecule has 3 nitrogen and oxygen atoms in total. The first-order valence-electron chi connectivity index (χ1n) is 6.42. The van der Waals surface area contributed by atoms with Gasteiger partial charge in [0.25, 0.3) is 0 Å². The van der Waals surface area contributed by atoms with Gasteiger partial charge in [0.1, 0.15) is 0 Å². The summed E-state index contributed by atoms with van der Waals surface area (Å²) in [5, 5.41) is 3.40. The molecule has 3 N–H and O–H groups in total. The highest BCUT2D eigenvalue weighted by molar-refractivity contribution is 5.29. The van der Waals surface area contributed by atoms with Crippen LogP contribution in [-0.2, 0) is 6.42 Å². The van der Waals surface area contributed by atoms with Gasteiger partial charge in [-0.15, -0.1) is 0 Å². The lowest BCUT2D eigenvalue weighted by molar-refractivity contribution is 0.386. The number of hydrogen-bond donors (Lipinski definition) is 2. The topological polar surface area (TPSA) is 47.3 Å². The number of nitrogens with one attached hydrogen (secondary N) is 1. The summed E-state index contributed by atoms with van der Waals surface area (Å²) in [6.45, 7) is 2.59. The standard InChI is InChI=1S/C14H21FN2O/c1-18-13-3-2-11(8-12(13)15)4-7-17-10-14(9-16)5-6-14/h2-3,8,17H,4-7,9-10,16H2,1H3. The Hall–Kier alpha value is -1.13. The molecule has 0 aromatic heterocycles. The van der Waals surface area contributed by atoms with Gasteiger partial charge in [-0.25, -0.2) is 4.39 Å². The molecule has 0 unspecified atom stereocenters. The van der Waals surface area contributed by atoms with Gasteiger partial charge < -0.3 is 15.8 Å². The fourth-order valence-corrected chi connectivity index (χ4v) is 2.08.